The molecule has 0 aliphatic rings. The van der Waals surface area contributed by atoms with Gasteiger partial charge in [-0.15, -0.1) is 0 Å². The van der Waals surface area contributed by atoms with Gasteiger partial charge in [0.05, 0.1) is 16.7 Å². The zero-order valence-corrected chi connectivity index (χ0v) is 16.7. The van der Waals surface area contributed by atoms with Crippen LogP contribution in [-0.4, -0.2) is 0 Å². The third-order valence-corrected chi connectivity index (χ3v) is 4.81. The zero-order valence-electron chi connectivity index (χ0n) is 16.7. The van der Waals surface area contributed by atoms with Crippen molar-refractivity contribution in [2.45, 2.75) is 32.1 Å². The largest absolute Gasteiger partial charge is 0.416 e. The van der Waals surface area contributed by atoms with Crippen LogP contribution in [0.15, 0.2) is 54.6 Å². The lowest BCUT2D eigenvalue weighted by Gasteiger charge is -2.16. The highest BCUT2D eigenvalue weighted by Crippen LogP contribution is 2.40. The Bertz CT molecular complexity index is 1140. The van der Waals surface area contributed by atoms with Gasteiger partial charge in [0.25, 0.3) is 0 Å². The van der Waals surface area contributed by atoms with Crippen molar-refractivity contribution in [3.05, 3.63) is 82.4 Å². The molecule has 0 saturated heterocycles. The summed E-state index contributed by atoms with van der Waals surface area (Å²) in [5, 5.41) is 0. The molecule has 0 radical (unpaired) electrons. The molecule has 0 bridgehead atoms. The van der Waals surface area contributed by atoms with E-state index in [4.69, 9.17) is 0 Å². The molecule has 3 aromatic rings. The first-order valence-corrected chi connectivity index (χ1v) is 9.27. The summed E-state index contributed by atoms with van der Waals surface area (Å²) in [5.74, 6) is 0. The molecule has 0 amide bonds. The third kappa shape index (κ3) is 5.66. The lowest BCUT2D eigenvalue weighted by molar-refractivity contribution is -0.143. The van der Waals surface area contributed by atoms with Crippen LogP contribution in [0, 0.1) is 6.92 Å². The van der Waals surface area contributed by atoms with Crippen molar-refractivity contribution in [3.8, 4) is 22.3 Å². The van der Waals surface area contributed by atoms with E-state index in [1.165, 1.54) is 25.1 Å². The highest BCUT2D eigenvalue weighted by atomic mass is 19.4. The predicted octanol–water partition coefficient (Wildman–Crippen LogP) is 8.85. The van der Waals surface area contributed by atoms with E-state index in [9.17, 15) is 43.9 Å². The van der Waals surface area contributed by atoms with Gasteiger partial charge in [0, 0.05) is 0 Å². The lowest BCUT2D eigenvalue weighted by atomic mass is 9.93. The minimum atomic E-state index is -5.06. The van der Waals surface area contributed by atoms with Crippen LogP contribution in [0.4, 0.5) is 43.9 Å². The third-order valence-electron chi connectivity index (χ3n) is 4.81. The minimum absolute atomic E-state index is 0.0134. The van der Waals surface area contributed by atoms with Crippen LogP contribution in [0.3, 0.4) is 0 Å². The lowest BCUT2D eigenvalue weighted by Crippen LogP contribution is -2.11. The monoisotopic (exact) mass is 480 g/mol. The van der Waals surface area contributed by atoms with Crippen molar-refractivity contribution >= 4 is 0 Å². The molecule has 0 aromatic heterocycles. The second kappa shape index (κ2) is 8.39. The Hall–Kier alpha value is -3.04. The molecule has 3 aromatic carbocycles. The standard InChI is InChI=1S/C23H14F10/c1-12-2-14(16-4-13(11-24)5-18(7-16)21(25,26)27)6-15(3-12)17-8-19(22(28,29)30)10-20(9-17)23(31,32)33/h2-10H,11H2,1H3. The van der Waals surface area contributed by atoms with Gasteiger partial charge in [0.1, 0.15) is 6.67 Å². The molecular formula is C23H14F10. The van der Waals surface area contributed by atoms with Crippen LogP contribution in [0.5, 0.6) is 0 Å². The van der Waals surface area contributed by atoms with E-state index < -0.39 is 47.5 Å². The molecule has 0 saturated carbocycles. The molecule has 10 heteroatoms. The fraction of sp³-hybridized carbons (Fsp3) is 0.217. The molecule has 0 aliphatic carbocycles. The van der Waals surface area contributed by atoms with Gasteiger partial charge >= 0.3 is 18.5 Å². The summed E-state index contributed by atoms with van der Waals surface area (Å²) in [5.41, 5.74) is -4.56. The molecule has 0 fully saturated rings. The van der Waals surface area contributed by atoms with Gasteiger partial charge in [-0.2, -0.15) is 39.5 Å². The van der Waals surface area contributed by atoms with Gasteiger partial charge in [0.15, 0.2) is 0 Å². The van der Waals surface area contributed by atoms with E-state index in [0.717, 1.165) is 12.1 Å². The van der Waals surface area contributed by atoms with Crippen LogP contribution in [0.2, 0.25) is 0 Å². The number of aryl methyl sites for hydroxylation is 1. The number of hydrogen-bond donors (Lipinski definition) is 0. The minimum Gasteiger partial charge on any atom is -0.246 e. The first-order valence-electron chi connectivity index (χ1n) is 9.27. The van der Waals surface area contributed by atoms with Gasteiger partial charge in [-0.25, -0.2) is 4.39 Å². The molecule has 33 heavy (non-hydrogen) atoms. The number of alkyl halides is 10. The van der Waals surface area contributed by atoms with Crippen LogP contribution in [0.25, 0.3) is 22.3 Å². The Labute approximate surface area is 181 Å². The average Bonchev–Trinajstić information content (AvgIpc) is 2.70. The van der Waals surface area contributed by atoms with Crippen molar-refractivity contribution in [2.75, 3.05) is 0 Å². The summed E-state index contributed by atoms with van der Waals surface area (Å²) in [6, 6.07) is 7.44. The number of benzene rings is 3. The maximum absolute atomic E-state index is 13.2. The Morgan fingerprint density at radius 2 is 0.848 bits per heavy atom. The van der Waals surface area contributed by atoms with Crippen LogP contribution >= 0.6 is 0 Å². The van der Waals surface area contributed by atoms with E-state index in [2.05, 4.69) is 0 Å². The van der Waals surface area contributed by atoms with Crippen LogP contribution in [0.1, 0.15) is 27.8 Å². The number of halogens is 10. The molecule has 3 rings (SSSR count). The molecule has 0 atom stereocenters. The fourth-order valence-electron chi connectivity index (χ4n) is 3.34. The SMILES string of the molecule is Cc1cc(-c2cc(CF)cc(C(F)(F)F)c2)cc(-c2cc(C(F)(F)F)cc(C(F)(F)F)c2)c1. The molecule has 0 unspecified atom stereocenters. The molecular weight excluding hydrogens is 466 g/mol. The van der Waals surface area contributed by atoms with Gasteiger partial charge < -0.3 is 0 Å². The van der Waals surface area contributed by atoms with Gasteiger partial charge in [-0.3, -0.25) is 0 Å². The number of hydrogen-bond acceptors (Lipinski definition) is 0. The quantitative estimate of drug-likeness (QED) is 0.329. The number of rotatable bonds is 3. The van der Waals surface area contributed by atoms with E-state index in [0.29, 0.717) is 23.8 Å². The maximum Gasteiger partial charge on any atom is 0.416 e. The summed E-state index contributed by atoms with van der Waals surface area (Å²) < 4.78 is 132. The normalized spacial score (nSPS) is 12.8. The van der Waals surface area contributed by atoms with Gasteiger partial charge in [0.2, 0.25) is 0 Å². The highest BCUT2D eigenvalue weighted by Gasteiger charge is 2.37. The summed E-state index contributed by atoms with van der Waals surface area (Å²) in [7, 11) is 0. The second-order valence-corrected chi connectivity index (χ2v) is 7.43. The van der Waals surface area contributed by atoms with Crippen LogP contribution < -0.4 is 0 Å². The zero-order chi connectivity index (χ0) is 24.8. The second-order valence-electron chi connectivity index (χ2n) is 7.43. The van der Waals surface area contributed by atoms with Gasteiger partial charge in [-0.05, 0) is 82.8 Å². The average molecular weight is 480 g/mol. The molecule has 176 valence electrons. The highest BCUT2D eigenvalue weighted by molar-refractivity contribution is 5.75. The van der Waals surface area contributed by atoms with Crippen molar-refractivity contribution in [1.82, 2.24) is 0 Å². The molecule has 0 spiro atoms. The van der Waals surface area contributed by atoms with Crippen LogP contribution in [-0.2, 0) is 25.2 Å². The Morgan fingerprint density at radius 1 is 0.485 bits per heavy atom. The molecule has 0 aliphatic heterocycles. The van der Waals surface area contributed by atoms with Crippen molar-refractivity contribution < 1.29 is 43.9 Å². The summed E-state index contributed by atoms with van der Waals surface area (Å²) in [4.78, 5) is 0. The smallest absolute Gasteiger partial charge is 0.246 e. The fourth-order valence-corrected chi connectivity index (χ4v) is 3.34. The van der Waals surface area contributed by atoms with E-state index in [1.807, 2.05) is 0 Å². The molecule has 0 N–H and O–H groups in total. The maximum atomic E-state index is 13.2. The Kier molecular flexibility index (Phi) is 6.25. The predicted molar refractivity (Wildman–Crippen MR) is 102 cm³/mol. The van der Waals surface area contributed by atoms with Crippen molar-refractivity contribution in [1.29, 1.82) is 0 Å². The topological polar surface area (TPSA) is 0 Å². The molecule has 0 heterocycles. The molecule has 0 nitrogen and oxygen atoms in total. The van der Waals surface area contributed by atoms with E-state index in [1.54, 1.807) is 0 Å². The van der Waals surface area contributed by atoms with E-state index >= 15 is 0 Å². The first-order chi connectivity index (χ1) is 15.1. The first kappa shape index (κ1) is 24.6. The summed E-state index contributed by atoms with van der Waals surface area (Å²) >= 11 is 0. The summed E-state index contributed by atoms with van der Waals surface area (Å²) in [6.07, 6.45) is -14.9. The van der Waals surface area contributed by atoms with Crippen molar-refractivity contribution in [3.63, 3.8) is 0 Å². The van der Waals surface area contributed by atoms with Gasteiger partial charge in [-0.1, -0.05) is 12.1 Å². The summed E-state index contributed by atoms with van der Waals surface area (Å²) in [6.45, 7) is 0.285. The Balaban J connectivity index is 2.23. The van der Waals surface area contributed by atoms with Crippen molar-refractivity contribution in [2.24, 2.45) is 0 Å². The van der Waals surface area contributed by atoms with E-state index in [-0.39, 0.29) is 28.3 Å². The Morgan fingerprint density at radius 3 is 1.24 bits per heavy atom.